The van der Waals surface area contributed by atoms with Gasteiger partial charge in [0, 0.05) is 12.5 Å². The molecule has 0 spiro atoms. The van der Waals surface area contributed by atoms with Gasteiger partial charge in [0.05, 0.1) is 19.0 Å². The molecule has 1 amide bonds. The Balaban J connectivity index is 1.73. The van der Waals surface area contributed by atoms with Gasteiger partial charge >= 0.3 is 0 Å². The molecule has 0 saturated carbocycles. The van der Waals surface area contributed by atoms with Gasteiger partial charge in [0.15, 0.2) is 0 Å². The number of anilines is 2. The molecule has 0 radical (unpaired) electrons. The highest BCUT2D eigenvalue weighted by Crippen LogP contribution is 2.17. The highest BCUT2D eigenvalue weighted by atomic mass is 16.5. The first kappa shape index (κ1) is 17.6. The van der Waals surface area contributed by atoms with E-state index >= 15 is 0 Å². The van der Waals surface area contributed by atoms with Crippen LogP contribution in [0.15, 0.2) is 42.6 Å². The van der Waals surface area contributed by atoms with Gasteiger partial charge in [-0.2, -0.15) is 0 Å². The molecule has 0 saturated heterocycles. The third kappa shape index (κ3) is 5.46. The van der Waals surface area contributed by atoms with E-state index in [4.69, 9.17) is 9.47 Å². The molecule has 0 atom stereocenters. The minimum Gasteiger partial charge on any atom is -0.497 e. The largest absolute Gasteiger partial charge is 0.497 e. The van der Waals surface area contributed by atoms with E-state index in [-0.39, 0.29) is 11.8 Å². The molecule has 0 aliphatic rings. The smallest absolute Gasteiger partial charge is 0.228 e. The van der Waals surface area contributed by atoms with Crippen LogP contribution >= 0.6 is 0 Å². The average Bonchev–Trinajstić information content (AvgIpc) is 2.60. The first-order valence-electron chi connectivity index (χ1n) is 7.86. The molecule has 6 nitrogen and oxygen atoms in total. The normalized spacial score (nSPS) is 10.3. The minimum atomic E-state index is -0.0697. The van der Waals surface area contributed by atoms with Gasteiger partial charge in [0.1, 0.15) is 23.9 Å². The number of nitrogens with zero attached hydrogens (tertiary/aromatic N) is 1. The van der Waals surface area contributed by atoms with E-state index in [9.17, 15) is 4.79 Å². The number of hydrogen-bond acceptors (Lipinski definition) is 5. The monoisotopic (exact) mass is 329 g/mol. The molecule has 1 heterocycles. The minimum absolute atomic E-state index is 0.0453. The van der Waals surface area contributed by atoms with Crippen molar-refractivity contribution in [1.82, 2.24) is 4.98 Å². The number of pyridine rings is 1. The van der Waals surface area contributed by atoms with Crippen molar-refractivity contribution in [3.8, 4) is 11.5 Å². The van der Waals surface area contributed by atoms with Crippen LogP contribution in [0.5, 0.6) is 11.5 Å². The van der Waals surface area contributed by atoms with Crippen LogP contribution in [0.4, 0.5) is 11.5 Å². The Morgan fingerprint density at radius 3 is 2.42 bits per heavy atom. The number of methoxy groups -OCH3 is 1. The summed E-state index contributed by atoms with van der Waals surface area (Å²) >= 11 is 0. The van der Waals surface area contributed by atoms with E-state index in [0.717, 1.165) is 17.2 Å². The van der Waals surface area contributed by atoms with Gasteiger partial charge < -0.3 is 20.1 Å². The van der Waals surface area contributed by atoms with Crippen molar-refractivity contribution in [3.63, 3.8) is 0 Å². The third-order valence-corrected chi connectivity index (χ3v) is 3.30. The molecule has 24 heavy (non-hydrogen) atoms. The Labute approximate surface area is 142 Å². The molecule has 0 bridgehead atoms. The van der Waals surface area contributed by atoms with E-state index in [1.807, 2.05) is 44.2 Å². The van der Waals surface area contributed by atoms with Crippen molar-refractivity contribution in [3.05, 3.63) is 42.6 Å². The maximum Gasteiger partial charge on any atom is 0.228 e. The zero-order valence-corrected chi connectivity index (χ0v) is 14.2. The summed E-state index contributed by atoms with van der Waals surface area (Å²) in [6.45, 7) is 4.85. The second-order valence-electron chi connectivity index (χ2n) is 5.53. The quantitative estimate of drug-likeness (QED) is 0.728. The van der Waals surface area contributed by atoms with Crippen LogP contribution in [-0.4, -0.2) is 31.2 Å². The van der Waals surface area contributed by atoms with Crippen molar-refractivity contribution >= 4 is 17.4 Å². The van der Waals surface area contributed by atoms with E-state index in [0.29, 0.717) is 19.0 Å². The van der Waals surface area contributed by atoms with Gasteiger partial charge in [-0.15, -0.1) is 0 Å². The summed E-state index contributed by atoms with van der Waals surface area (Å²) in [6.07, 6.45) is 1.68. The number of nitrogens with one attached hydrogen (secondary N) is 2. The molecule has 0 aliphatic heterocycles. The Hall–Kier alpha value is -2.76. The van der Waals surface area contributed by atoms with Gasteiger partial charge in [-0.05, 0) is 36.4 Å². The van der Waals surface area contributed by atoms with Gasteiger partial charge in [-0.25, -0.2) is 4.98 Å². The highest BCUT2D eigenvalue weighted by molar-refractivity contribution is 5.91. The summed E-state index contributed by atoms with van der Waals surface area (Å²) in [5.74, 6) is 2.03. The number of aromatic nitrogens is 1. The third-order valence-electron chi connectivity index (χ3n) is 3.30. The number of amides is 1. The van der Waals surface area contributed by atoms with Gasteiger partial charge in [0.2, 0.25) is 5.91 Å². The maximum absolute atomic E-state index is 11.6. The Morgan fingerprint density at radius 1 is 1.12 bits per heavy atom. The molecule has 0 aliphatic carbocycles. The topological polar surface area (TPSA) is 72.5 Å². The van der Waals surface area contributed by atoms with Crippen molar-refractivity contribution in [2.75, 3.05) is 30.9 Å². The number of carbonyl (C=O) groups excluding carboxylic acids is 1. The van der Waals surface area contributed by atoms with E-state index in [1.54, 1.807) is 19.4 Å². The van der Waals surface area contributed by atoms with Gasteiger partial charge in [-0.3, -0.25) is 4.79 Å². The number of benzene rings is 1. The van der Waals surface area contributed by atoms with Crippen molar-refractivity contribution in [2.24, 2.45) is 5.92 Å². The summed E-state index contributed by atoms with van der Waals surface area (Å²) in [4.78, 5) is 15.8. The Kier molecular flexibility index (Phi) is 6.42. The molecule has 1 aromatic heterocycles. The highest BCUT2D eigenvalue weighted by Gasteiger charge is 2.07. The van der Waals surface area contributed by atoms with E-state index in [2.05, 4.69) is 15.6 Å². The predicted molar refractivity (Wildman–Crippen MR) is 94.7 cm³/mol. The lowest BCUT2D eigenvalue weighted by atomic mass is 10.2. The lowest BCUT2D eigenvalue weighted by molar-refractivity contribution is -0.118. The molecular formula is C18H23N3O3. The predicted octanol–water partition coefficient (Wildman–Crippen LogP) is 3.18. The fraction of sp³-hybridized carbons (Fsp3) is 0.333. The molecule has 128 valence electrons. The molecule has 1 aromatic carbocycles. The SMILES string of the molecule is COc1ccc(OCCNc2ccc(NC(=O)C(C)C)nc2)cc1. The summed E-state index contributed by atoms with van der Waals surface area (Å²) in [5.41, 5.74) is 0.871. The average molecular weight is 329 g/mol. The fourth-order valence-corrected chi connectivity index (χ4v) is 1.88. The Morgan fingerprint density at radius 2 is 1.83 bits per heavy atom. The summed E-state index contributed by atoms with van der Waals surface area (Å²) in [6, 6.07) is 11.1. The lowest BCUT2D eigenvalue weighted by Crippen LogP contribution is -2.18. The lowest BCUT2D eigenvalue weighted by Gasteiger charge is -2.10. The van der Waals surface area contributed by atoms with Gasteiger partial charge in [-0.1, -0.05) is 13.8 Å². The second-order valence-corrected chi connectivity index (χ2v) is 5.53. The van der Waals surface area contributed by atoms with E-state index < -0.39 is 0 Å². The summed E-state index contributed by atoms with van der Waals surface area (Å²) in [7, 11) is 1.63. The van der Waals surface area contributed by atoms with E-state index in [1.165, 1.54) is 0 Å². The van der Waals surface area contributed by atoms with Gasteiger partial charge in [0.25, 0.3) is 0 Å². The van der Waals surface area contributed by atoms with Crippen LogP contribution in [0, 0.1) is 5.92 Å². The van der Waals surface area contributed by atoms with Crippen LogP contribution in [0.3, 0.4) is 0 Å². The molecule has 2 aromatic rings. The van der Waals surface area contributed by atoms with Crippen LogP contribution in [0.1, 0.15) is 13.8 Å². The first-order valence-corrected chi connectivity index (χ1v) is 7.86. The summed E-state index contributed by atoms with van der Waals surface area (Å²) in [5, 5.41) is 5.97. The molecule has 0 unspecified atom stereocenters. The van der Waals surface area contributed by atoms with Crippen molar-refractivity contribution < 1.29 is 14.3 Å². The molecule has 0 fully saturated rings. The zero-order chi connectivity index (χ0) is 17.4. The maximum atomic E-state index is 11.6. The number of carbonyl (C=O) groups is 1. The van der Waals surface area contributed by atoms with Crippen molar-refractivity contribution in [2.45, 2.75) is 13.8 Å². The second kappa shape index (κ2) is 8.76. The molecule has 2 rings (SSSR count). The number of rotatable bonds is 8. The van der Waals surface area contributed by atoms with Crippen LogP contribution < -0.4 is 20.1 Å². The fourth-order valence-electron chi connectivity index (χ4n) is 1.88. The molecule has 6 heteroatoms. The number of ether oxygens (including phenoxy) is 2. The Bertz CT molecular complexity index is 640. The summed E-state index contributed by atoms with van der Waals surface area (Å²) < 4.78 is 10.7. The van der Waals surface area contributed by atoms with Crippen LogP contribution in [0.2, 0.25) is 0 Å². The first-order chi connectivity index (χ1) is 11.6. The molecular weight excluding hydrogens is 306 g/mol. The zero-order valence-electron chi connectivity index (χ0n) is 14.2. The van der Waals surface area contributed by atoms with Crippen LogP contribution in [-0.2, 0) is 4.79 Å². The number of hydrogen-bond donors (Lipinski definition) is 2. The van der Waals surface area contributed by atoms with Crippen LogP contribution in [0.25, 0.3) is 0 Å². The van der Waals surface area contributed by atoms with Crippen molar-refractivity contribution in [1.29, 1.82) is 0 Å². The molecule has 2 N–H and O–H groups in total. The standard InChI is InChI=1S/C18H23N3O3/c1-13(2)18(22)21-17-9-4-14(12-20-17)19-10-11-24-16-7-5-15(23-3)6-8-16/h4-9,12-13,19H,10-11H2,1-3H3,(H,20,21,22).